The lowest BCUT2D eigenvalue weighted by atomic mass is 10.3. The minimum atomic E-state index is -0.336. The summed E-state index contributed by atoms with van der Waals surface area (Å²) in [6, 6.07) is 0. The van der Waals surface area contributed by atoms with Crippen LogP contribution in [0.1, 0.15) is 25.7 Å². The molecule has 0 amide bonds. The van der Waals surface area contributed by atoms with E-state index in [2.05, 4.69) is 5.32 Å². The maximum absolute atomic E-state index is 11.3. The number of hydrogen-bond donors (Lipinski definition) is 1. The first kappa shape index (κ1) is 8.41. The molecule has 0 unspecified atom stereocenters. The Hall–Kier alpha value is -1.19. The average Bonchev–Trinajstić information content (AvgIpc) is 2.74. The topological polar surface area (TPSA) is 47.6 Å². The summed E-state index contributed by atoms with van der Waals surface area (Å²) >= 11 is 0. The molecule has 1 saturated carbocycles. The van der Waals surface area contributed by atoms with Crippen LogP contribution in [0.5, 0.6) is 0 Å². The van der Waals surface area contributed by atoms with Crippen molar-refractivity contribution in [2.24, 2.45) is 0 Å². The molecule has 2 rings (SSSR count). The van der Waals surface area contributed by atoms with Gasteiger partial charge in [0.15, 0.2) is 6.73 Å². The third-order valence-electron chi connectivity index (χ3n) is 2.32. The lowest BCUT2D eigenvalue weighted by Crippen LogP contribution is -2.16. The van der Waals surface area contributed by atoms with Gasteiger partial charge in [0.1, 0.15) is 6.10 Å². The third kappa shape index (κ3) is 1.94. The van der Waals surface area contributed by atoms with Crippen LogP contribution < -0.4 is 5.32 Å². The van der Waals surface area contributed by atoms with Crippen LogP contribution in [0.25, 0.3) is 0 Å². The highest BCUT2D eigenvalue weighted by atomic mass is 16.6. The number of ether oxygens (including phenoxy) is 2. The van der Waals surface area contributed by atoms with Crippen LogP contribution in [0.3, 0.4) is 0 Å². The summed E-state index contributed by atoms with van der Waals surface area (Å²) in [6.45, 7) is 0.370. The van der Waals surface area contributed by atoms with Crippen molar-refractivity contribution in [2.45, 2.75) is 31.8 Å². The minimum absolute atomic E-state index is 0.109. The summed E-state index contributed by atoms with van der Waals surface area (Å²) in [6.07, 6.45) is 5.97. The number of rotatable bonds is 2. The Morgan fingerprint density at radius 3 is 2.92 bits per heavy atom. The van der Waals surface area contributed by atoms with E-state index in [1.165, 1.54) is 0 Å². The van der Waals surface area contributed by atoms with E-state index >= 15 is 0 Å². The molecule has 0 saturated heterocycles. The molecule has 1 aliphatic heterocycles. The van der Waals surface area contributed by atoms with Crippen LogP contribution in [0.2, 0.25) is 0 Å². The van der Waals surface area contributed by atoms with Crippen molar-refractivity contribution in [1.82, 2.24) is 5.32 Å². The van der Waals surface area contributed by atoms with Crippen molar-refractivity contribution in [3.63, 3.8) is 0 Å². The van der Waals surface area contributed by atoms with Crippen LogP contribution in [0.4, 0.5) is 0 Å². The second-order valence-corrected chi connectivity index (χ2v) is 3.31. The zero-order valence-electron chi connectivity index (χ0n) is 7.41. The zero-order chi connectivity index (χ0) is 9.10. The summed E-state index contributed by atoms with van der Waals surface area (Å²) in [5, 5.41) is 2.79. The first-order valence-corrected chi connectivity index (χ1v) is 4.63. The van der Waals surface area contributed by atoms with Crippen molar-refractivity contribution in [2.75, 3.05) is 6.73 Å². The fourth-order valence-corrected chi connectivity index (χ4v) is 1.63. The average molecular weight is 183 g/mol. The molecule has 4 heteroatoms. The van der Waals surface area contributed by atoms with Crippen LogP contribution in [-0.2, 0) is 14.3 Å². The molecule has 72 valence electrons. The standard InChI is InChI=1S/C9H13NO3/c11-9(8-5-10-6-12-8)13-7-3-1-2-4-7/h5,7,10H,1-4,6H2. The van der Waals surface area contributed by atoms with E-state index in [1.54, 1.807) is 6.20 Å². The molecular formula is C9H13NO3. The van der Waals surface area contributed by atoms with E-state index in [1.807, 2.05) is 0 Å². The maximum atomic E-state index is 11.3. The van der Waals surface area contributed by atoms with Gasteiger partial charge in [-0.1, -0.05) is 0 Å². The molecule has 0 radical (unpaired) electrons. The third-order valence-corrected chi connectivity index (χ3v) is 2.32. The predicted octanol–water partition coefficient (Wildman–Crippen LogP) is 0.891. The van der Waals surface area contributed by atoms with Crippen LogP contribution >= 0.6 is 0 Å². The Labute approximate surface area is 76.9 Å². The van der Waals surface area contributed by atoms with Crippen molar-refractivity contribution < 1.29 is 14.3 Å². The summed E-state index contributed by atoms with van der Waals surface area (Å²) in [7, 11) is 0. The second kappa shape index (κ2) is 3.68. The largest absolute Gasteiger partial charge is 0.464 e. The molecule has 0 bridgehead atoms. The Morgan fingerprint density at radius 2 is 2.31 bits per heavy atom. The molecule has 0 atom stereocenters. The molecule has 4 nitrogen and oxygen atoms in total. The molecule has 2 aliphatic rings. The number of carbonyl (C=O) groups excluding carboxylic acids is 1. The van der Waals surface area contributed by atoms with Gasteiger partial charge in [0.25, 0.3) is 0 Å². The molecule has 1 aliphatic carbocycles. The summed E-state index contributed by atoms with van der Waals surface area (Å²) < 4.78 is 10.2. The Bertz CT molecular complexity index is 231. The maximum Gasteiger partial charge on any atom is 0.375 e. The fraction of sp³-hybridized carbons (Fsp3) is 0.667. The van der Waals surface area contributed by atoms with Crippen molar-refractivity contribution in [3.05, 3.63) is 12.0 Å². The first-order chi connectivity index (χ1) is 6.36. The number of carbonyl (C=O) groups is 1. The number of esters is 1. The molecule has 0 spiro atoms. The zero-order valence-corrected chi connectivity index (χ0v) is 7.41. The normalized spacial score (nSPS) is 22.0. The minimum Gasteiger partial charge on any atom is -0.464 e. The van der Waals surface area contributed by atoms with Gasteiger partial charge in [-0.25, -0.2) is 4.79 Å². The molecule has 13 heavy (non-hydrogen) atoms. The van der Waals surface area contributed by atoms with Crippen LogP contribution in [-0.4, -0.2) is 18.8 Å². The van der Waals surface area contributed by atoms with E-state index < -0.39 is 0 Å². The molecule has 1 heterocycles. The SMILES string of the molecule is O=C(OC1CCCC1)C1=CNCO1. The highest BCUT2D eigenvalue weighted by Gasteiger charge is 2.23. The van der Waals surface area contributed by atoms with E-state index in [0.29, 0.717) is 12.5 Å². The van der Waals surface area contributed by atoms with Gasteiger partial charge in [-0.05, 0) is 25.7 Å². The molecule has 1 N–H and O–H groups in total. The van der Waals surface area contributed by atoms with Gasteiger partial charge < -0.3 is 14.8 Å². The fourth-order valence-electron chi connectivity index (χ4n) is 1.63. The molecule has 0 aromatic carbocycles. The van der Waals surface area contributed by atoms with Crippen molar-refractivity contribution in [1.29, 1.82) is 0 Å². The summed E-state index contributed by atoms with van der Waals surface area (Å²) in [4.78, 5) is 11.3. The lowest BCUT2D eigenvalue weighted by molar-refractivity contribution is -0.147. The van der Waals surface area contributed by atoms with Crippen LogP contribution in [0, 0.1) is 0 Å². The molecule has 1 fully saturated rings. The van der Waals surface area contributed by atoms with E-state index in [-0.39, 0.29) is 12.1 Å². The van der Waals surface area contributed by atoms with Crippen molar-refractivity contribution >= 4 is 5.97 Å². The van der Waals surface area contributed by atoms with Gasteiger partial charge in [-0.15, -0.1) is 0 Å². The monoisotopic (exact) mass is 183 g/mol. The van der Waals surface area contributed by atoms with E-state index in [0.717, 1.165) is 25.7 Å². The number of hydrogen-bond acceptors (Lipinski definition) is 4. The van der Waals surface area contributed by atoms with Gasteiger partial charge in [0, 0.05) is 6.20 Å². The van der Waals surface area contributed by atoms with Crippen LogP contribution in [0.15, 0.2) is 12.0 Å². The Kier molecular flexibility index (Phi) is 2.38. The first-order valence-electron chi connectivity index (χ1n) is 4.63. The highest BCUT2D eigenvalue weighted by molar-refractivity contribution is 5.86. The van der Waals surface area contributed by atoms with Gasteiger partial charge in [-0.2, -0.15) is 0 Å². The molecular weight excluding hydrogens is 170 g/mol. The van der Waals surface area contributed by atoms with Gasteiger partial charge in [0.2, 0.25) is 5.76 Å². The second-order valence-electron chi connectivity index (χ2n) is 3.31. The van der Waals surface area contributed by atoms with Gasteiger partial charge in [-0.3, -0.25) is 0 Å². The van der Waals surface area contributed by atoms with E-state index in [9.17, 15) is 4.79 Å². The number of nitrogens with one attached hydrogen (secondary N) is 1. The summed E-state index contributed by atoms with van der Waals surface area (Å²) in [5.41, 5.74) is 0. The van der Waals surface area contributed by atoms with Gasteiger partial charge in [0.05, 0.1) is 0 Å². The summed E-state index contributed by atoms with van der Waals surface area (Å²) in [5.74, 6) is -0.0381. The Morgan fingerprint density at radius 1 is 1.54 bits per heavy atom. The quantitative estimate of drug-likeness (QED) is 0.646. The smallest absolute Gasteiger partial charge is 0.375 e. The lowest BCUT2D eigenvalue weighted by Gasteiger charge is -2.10. The highest BCUT2D eigenvalue weighted by Crippen LogP contribution is 2.22. The Balaban J connectivity index is 1.83. The molecule has 0 aromatic heterocycles. The van der Waals surface area contributed by atoms with Gasteiger partial charge >= 0.3 is 5.97 Å². The van der Waals surface area contributed by atoms with E-state index in [4.69, 9.17) is 9.47 Å². The van der Waals surface area contributed by atoms with Crippen molar-refractivity contribution in [3.8, 4) is 0 Å². The predicted molar refractivity (Wildman–Crippen MR) is 45.5 cm³/mol. The molecule has 0 aromatic rings.